The van der Waals surface area contributed by atoms with Gasteiger partial charge in [0.25, 0.3) is 0 Å². The molecule has 0 saturated heterocycles. The molecule has 2 heterocycles. The number of benzene rings is 1. The van der Waals surface area contributed by atoms with Crippen LogP contribution >= 0.6 is 50.5 Å². The summed E-state index contributed by atoms with van der Waals surface area (Å²) < 4.78 is 0.954. The standard InChI is InChI=1S/C15H11BrCl2N2O2S/c1-7-13(15(21)22)19-20(11-3-2-9(17)5-10(11)18)14(7)12-4-8(16)6-23-12/h2-7,14H,1H3,(H,21,22). The molecule has 0 spiro atoms. The number of nitrogens with zero attached hydrogens (tertiary/aromatic N) is 2. The number of halogens is 3. The Hall–Kier alpha value is -1.08. The third-order valence-corrected chi connectivity index (χ3v) is 5.94. The second kappa shape index (κ2) is 6.43. The Morgan fingerprint density at radius 3 is 2.70 bits per heavy atom. The number of aliphatic carboxylic acids is 1. The van der Waals surface area contributed by atoms with Crippen molar-refractivity contribution in [2.24, 2.45) is 11.0 Å². The lowest BCUT2D eigenvalue weighted by Crippen LogP contribution is -2.25. The van der Waals surface area contributed by atoms with Gasteiger partial charge in [-0.15, -0.1) is 11.3 Å². The van der Waals surface area contributed by atoms with Crippen molar-refractivity contribution in [3.05, 3.63) is 49.0 Å². The van der Waals surface area contributed by atoms with Gasteiger partial charge in [-0.2, -0.15) is 5.10 Å². The Morgan fingerprint density at radius 2 is 2.13 bits per heavy atom. The first-order valence-corrected chi connectivity index (χ1v) is 9.11. The van der Waals surface area contributed by atoms with Crippen LogP contribution in [0.25, 0.3) is 0 Å². The van der Waals surface area contributed by atoms with E-state index in [9.17, 15) is 9.90 Å². The van der Waals surface area contributed by atoms with Crippen molar-refractivity contribution in [1.29, 1.82) is 0 Å². The smallest absolute Gasteiger partial charge is 0.352 e. The summed E-state index contributed by atoms with van der Waals surface area (Å²) in [6, 6.07) is 6.84. The highest BCUT2D eigenvalue weighted by atomic mass is 79.9. The van der Waals surface area contributed by atoms with E-state index in [0.29, 0.717) is 15.7 Å². The van der Waals surface area contributed by atoms with Gasteiger partial charge in [-0.1, -0.05) is 30.1 Å². The molecule has 1 N–H and O–H groups in total. The molecule has 23 heavy (non-hydrogen) atoms. The summed E-state index contributed by atoms with van der Waals surface area (Å²) in [4.78, 5) is 12.5. The topological polar surface area (TPSA) is 52.9 Å². The van der Waals surface area contributed by atoms with Crippen molar-refractivity contribution in [3.63, 3.8) is 0 Å². The molecule has 0 amide bonds. The highest BCUT2D eigenvalue weighted by molar-refractivity contribution is 9.10. The molecule has 2 atom stereocenters. The number of rotatable bonds is 3. The number of hydrogen-bond donors (Lipinski definition) is 1. The van der Waals surface area contributed by atoms with Crippen molar-refractivity contribution >= 4 is 67.8 Å². The SMILES string of the molecule is CC1C(C(=O)O)=NN(c2ccc(Cl)cc2Cl)C1c1cc(Br)cs1. The second-order valence-electron chi connectivity index (χ2n) is 5.13. The van der Waals surface area contributed by atoms with Crippen LogP contribution in [0.1, 0.15) is 17.8 Å². The number of hydrazone groups is 1. The molecule has 120 valence electrons. The number of anilines is 1. The number of carboxylic acid groups (broad SMARTS) is 1. The van der Waals surface area contributed by atoms with E-state index in [-0.39, 0.29) is 17.7 Å². The van der Waals surface area contributed by atoms with Crippen LogP contribution in [0.4, 0.5) is 5.69 Å². The Labute approximate surface area is 155 Å². The van der Waals surface area contributed by atoms with Gasteiger partial charge in [0.1, 0.15) is 0 Å². The number of thiophene rings is 1. The molecule has 2 aromatic rings. The molecular formula is C15H11BrCl2N2O2S. The number of hydrogen-bond acceptors (Lipinski definition) is 4. The average molecular weight is 434 g/mol. The summed E-state index contributed by atoms with van der Waals surface area (Å²) in [5, 5.41) is 18.3. The fourth-order valence-electron chi connectivity index (χ4n) is 2.59. The van der Waals surface area contributed by atoms with E-state index in [1.54, 1.807) is 34.5 Å². The maximum Gasteiger partial charge on any atom is 0.352 e. The lowest BCUT2D eigenvalue weighted by atomic mass is 9.96. The minimum atomic E-state index is -1.02. The van der Waals surface area contributed by atoms with Gasteiger partial charge in [-0.25, -0.2) is 4.79 Å². The van der Waals surface area contributed by atoms with Gasteiger partial charge in [0.15, 0.2) is 5.71 Å². The normalized spacial score (nSPS) is 20.7. The van der Waals surface area contributed by atoms with E-state index in [4.69, 9.17) is 23.2 Å². The first-order valence-electron chi connectivity index (χ1n) is 6.68. The van der Waals surface area contributed by atoms with Crippen molar-refractivity contribution in [2.45, 2.75) is 13.0 Å². The zero-order chi connectivity index (χ0) is 16.7. The molecule has 1 aliphatic heterocycles. The maximum atomic E-state index is 11.5. The predicted molar refractivity (Wildman–Crippen MR) is 97.9 cm³/mol. The monoisotopic (exact) mass is 432 g/mol. The minimum absolute atomic E-state index is 0.116. The first kappa shape index (κ1) is 16.8. The predicted octanol–water partition coefficient (Wildman–Crippen LogP) is 5.46. The third kappa shape index (κ3) is 3.13. The highest BCUT2D eigenvalue weighted by Crippen LogP contribution is 2.44. The summed E-state index contributed by atoms with van der Waals surface area (Å²) in [5.41, 5.74) is 0.749. The lowest BCUT2D eigenvalue weighted by Gasteiger charge is -2.26. The largest absolute Gasteiger partial charge is 0.477 e. The van der Waals surface area contributed by atoms with Crippen LogP contribution in [0, 0.1) is 5.92 Å². The van der Waals surface area contributed by atoms with Gasteiger partial charge in [0.05, 0.1) is 16.8 Å². The van der Waals surface area contributed by atoms with Crippen LogP contribution < -0.4 is 5.01 Å². The van der Waals surface area contributed by atoms with E-state index < -0.39 is 5.97 Å². The average Bonchev–Trinajstić information content (AvgIpc) is 3.02. The van der Waals surface area contributed by atoms with E-state index in [0.717, 1.165) is 9.35 Å². The fourth-order valence-corrected chi connectivity index (χ4v) is 4.72. The molecule has 0 aliphatic carbocycles. The van der Waals surface area contributed by atoms with Crippen LogP contribution in [-0.2, 0) is 4.79 Å². The third-order valence-electron chi connectivity index (χ3n) is 3.64. The molecule has 1 aliphatic rings. The van der Waals surface area contributed by atoms with Gasteiger partial charge >= 0.3 is 5.97 Å². The lowest BCUT2D eigenvalue weighted by molar-refractivity contribution is -0.129. The maximum absolute atomic E-state index is 11.5. The van der Waals surface area contributed by atoms with Crippen LogP contribution in [0.3, 0.4) is 0 Å². The Bertz CT molecular complexity index is 809. The molecule has 1 aromatic heterocycles. The summed E-state index contributed by atoms with van der Waals surface area (Å²) in [6.07, 6.45) is 0. The van der Waals surface area contributed by atoms with Crippen LogP contribution in [-0.4, -0.2) is 16.8 Å². The quantitative estimate of drug-likeness (QED) is 0.699. The van der Waals surface area contributed by atoms with Crippen molar-refractivity contribution in [1.82, 2.24) is 0 Å². The summed E-state index contributed by atoms with van der Waals surface area (Å²) >= 11 is 17.2. The van der Waals surface area contributed by atoms with Gasteiger partial charge in [-0.3, -0.25) is 5.01 Å². The molecule has 0 saturated carbocycles. The molecule has 8 heteroatoms. The molecule has 0 bridgehead atoms. The molecule has 0 fully saturated rings. The van der Waals surface area contributed by atoms with Gasteiger partial charge in [-0.05, 0) is 40.2 Å². The number of carboxylic acids is 1. The van der Waals surface area contributed by atoms with E-state index in [2.05, 4.69) is 21.0 Å². The molecule has 4 nitrogen and oxygen atoms in total. The second-order valence-corrected chi connectivity index (χ2v) is 7.83. The Kier molecular flexibility index (Phi) is 4.69. The van der Waals surface area contributed by atoms with Gasteiger partial charge < -0.3 is 5.11 Å². The van der Waals surface area contributed by atoms with Crippen molar-refractivity contribution in [3.8, 4) is 0 Å². The minimum Gasteiger partial charge on any atom is -0.477 e. The summed E-state index contributed by atoms with van der Waals surface area (Å²) in [5.74, 6) is -1.30. The zero-order valence-electron chi connectivity index (χ0n) is 11.8. The van der Waals surface area contributed by atoms with E-state index in [1.165, 1.54) is 0 Å². The Morgan fingerprint density at radius 1 is 1.39 bits per heavy atom. The molecule has 2 unspecified atom stereocenters. The van der Waals surface area contributed by atoms with Gasteiger partial charge in [0.2, 0.25) is 0 Å². The highest BCUT2D eigenvalue weighted by Gasteiger charge is 2.40. The van der Waals surface area contributed by atoms with Gasteiger partial charge in [0, 0.05) is 25.7 Å². The number of carbonyl (C=O) groups is 1. The van der Waals surface area contributed by atoms with Crippen molar-refractivity contribution < 1.29 is 9.90 Å². The van der Waals surface area contributed by atoms with Crippen LogP contribution in [0.5, 0.6) is 0 Å². The summed E-state index contributed by atoms with van der Waals surface area (Å²) in [7, 11) is 0. The zero-order valence-corrected chi connectivity index (χ0v) is 15.7. The molecule has 0 radical (unpaired) electrons. The Balaban J connectivity index is 2.11. The van der Waals surface area contributed by atoms with E-state index in [1.807, 2.05) is 18.4 Å². The van der Waals surface area contributed by atoms with Crippen molar-refractivity contribution in [2.75, 3.05) is 5.01 Å². The molecule has 3 rings (SSSR count). The van der Waals surface area contributed by atoms with E-state index >= 15 is 0 Å². The molecule has 1 aromatic carbocycles. The summed E-state index contributed by atoms with van der Waals surface area (Å²) in [6.45, 7) is 1.86. The first-order chi connectivity index (χ1) is 10.9. The molecular weight excluding hydrogens is 423 g/mol. The fraction of sp³-hybridized carbons (Fsp3) is 0.200. The van der Waals surface area contributed by atoms with Crippen LogP contribution in [0.2, 0.25) is 10.0 Å². The van der Waals surface area contributed by atoms with Crippen LogP contribution in [0.15, 0.2) is 39.2 Å².